The van der Waals surface area contributed by atoms with Crippen LogP contribution >= 0.6 is 22.9 Å². The molecule has 2 atom stereocenters. The third-order valence-electron chi connectivity index (χ3n) is 8.52. The predicted molar refractivity (Wildman–Crippen MR) is 150 cm³/mol. The molecular formula is C30H23ClFN3O5S. The minimum absolute atomic E-state index is 0.00470. The van der Waals surface area contributed by atoms with Crippen LogP contribution in [0.25, 0.3) is 10.2 Å². The van der Waals surface area contributed by atoms with Crippen molar-refractivity contribution >= 4 is 62.8 Å². The van der Waals surface area contributed by atoms with Gasteiger partial charge in [-0.15, -0.1) is 11.3 Å². The lowest BCUT2D eigenvalue weighted by molar-refractivity contribution is -0.147. The average molecular weight is 592 g/mol. The van der Waals surface area contributed by atoms with Crippen LogP contribution in [0.3, 0.4) is 0 Å². The highest BCUT2D eigenvalue weighted by molar-refractivity contribution is 7.18. The lowest BCUT2D eigenvalue weighted by atomic mass is 9.74. The van der Waals surface area contributed by atoms with E-state index in [1.165, 1.54) is 23.6 Å². The second-order valence-corrected chi connectivity index (χ2v) is 12.7. The summed E-state index contributed by atoms with van der Waals surface area (Å²) in [5.41, 5.74) is 2.06. The molecule has 2 aliphatic carbocycles. The molecule has 2 unspecified atom stereocenters. The van der Waals surface area contributed by atoms with Gasteiger partial charge in [-0.05, 0) is 60.8 Å². The zero-order chi connectivity index (χ0) is 28.6. The van der Waals surface area contributed by atoms with Crippen molar-refractivity contribution in [3.8, 4) is 0 Å². The number of esters is 1. The lowest BCUT2D eigenvalue weighted by Crippen LogP contribution is -2.49. The first-order valence-electron chi connectivity index (χ1n) is 13.3. The number of carbonyl (C=O) groups is 4. The summed E-state index contributed by atoms with van der Waals surface area (Å²) in [6, 6.07) is 4.82. The van der Waals surface area contributed by atoms with E-state index in [1.807, 2.05) is 6.92 Å². The fraction of sp³-hybridized carbons (Fsp3) is 0.333. The number of amides is 1. The Hall–Kier alpha value is -3.76. The zero-order valence-corrected chi connectivity index (χ0v) is 23.5. The monoisotopic (exact) mass is 591 g/mol. The van der Waals surface area contributed by atoms with Gasteiger partial charge in [0.05, 0.1) is 32.8 Å². The van der Waals surface area contributed by atoms with Gasteiger partial charge in [0.25, 0.3) is 0 Å². The van der Waals surface area contributed by atoms with Gasteiger partial charge in [0, 0.05) is 41.8 Å². The van der Waals surface area contributed by atoms with Gasteiger partial charge in [-0.3, -0.25) is 24.2 Å². The Morgan fingerprint density at radius 3 is 2.83 bits per heavy atom. The fourth-order valence-electron chi connectivity index (χ4n) is 6.60. The van der Waals surface area contributed by atoms with E-state index in [4.69, 9.17) is 16.3 Å². The highest BCUT2D eigenvalue weighted by Crippen LogP contribution is 2.62. The maximum absolute atomic E-state index is 15.2. The van der Waals surface area contributed by atoms with Gasteiger partial charge in [0.15, 0.2) is 18.2 Å². The van der Waals surface area contributed by atoms with Crippen molar-refractivity contribution in [2.75, 3.05) is 19.7 Å². The molecule has 41 heavy (non-hydrogen) atoms. The zero-order valence-electron chi connectivity index (χ0n) is 21.9. The number of ether oxygens (including phenoxy) is 1. The Kier molecular flexibility index (Phi) is 5.99. The number of benzene rings is 1. The van der Waals surface area contributed by atoms with E-state index in [2.05, 4.69) is 9.98 Å². The number of carbonyl (C=O) groups excluding carboxylic acids is 4. The van der Waals surface area contributed by atoms with E-state index >= 15 is 4.39 Å². The van der Waals surface area contributed by atoms with Crippen molar-refractivity contribution in [1.82, 2.24) is 9.88 Å². The van der Waals surface area contributed by atoms with Gasteiger partial charge in [0.1, 0.15) is 11.7 Å². The lowest BCUT2D eigenvalue weighted by Gasteiger charge is -2.41. The molecule has 1 aromatic heterocycles. The normalized spacial score (nSPS) is 24.5. The number of rotatable bonds is 4. The van der Waals surface area contributed by atoms with Gasteiger partial charge in [-0.2, -0.15) is 0 Å². The quantitative estimate of drug-likeness (QED) is 0.381. The number of aliphatic imine (C=N–C) groups is 1. The molecule has 4 heterocycles. The largest absolute Gasteiger partial charge is 0.457 e. The number of ketones is 2. The van der Waals surface area contributed by atoms with Crippen molar-refractivity contribution in [1.29, 1.82) is 0 Å². The highest BCUT2D eigenvalue weighted by atomic mass is 35.5. The van der Waals surface area contributed by atoms with Crippen molar-refractivity contribution < 1.29 is 28.3 Å². The number of thiazole rings is 1. The van der Waals surface area contributed by atoms with Crippen LogP contribution in [0.1, 0.15) is 34.6 Å². The molecule has 0 N–H and O–H groups in total. The predicted octanol–water partition coefficient (Wildman–Crippen LogP) is 4.58. The number of hydrogen-bond acceptors (Lipinski definition) is 8. The molecule has 3 aliphatic heterocycles. The molecule has 0 radical (unpaired) electrons. The number of nitrogens with zero attached hydrogens (tertiary/aromatic N) is 3. The maximum Gasteiger partial charge on any atom is 0.315 e. The van der Waals surface area contributed by atoms with Crippen LogP contribution in [-0.4, -0.2) is 65.3 Å². The molecule has 11 heteroatoms. The van der Waals surface area contributed by atoms with Gasteiger partial charge in [0.2, 0.25) is 5.91 Å². The van der Waals surface area contributed by atoms with Crippen molar-refractivity contribution in [2.24, 2.45) is 16.3 Å². The Bertz CT molecular complexity index is 1760. The van der Waals surface area contributed by atoms with Crippen LogP contribution in [0.5, 0.6) is 0 Å². The molecule has 1 saturated heterocycles. The number of allylic oxidation sites excluding steroid dienone is 6. The Morgan fingerprint density at radius 2 is 2.05 bits per heavy atom. The minimum Gasteiger partial charge on any atom is -0.457 e. The number of fused-ring (bicyclic) bond motifs is 6. The van der Waals surface area contributed by atoms with Crippen molar-refractivity contribution in [2.45, 2.75) is 32.2 Å². The van der Waals surface area contributed by atoms with E-state index in [-0.39, 0.29) is 46.6 Å². The molecule has 2 aromatic rings. The molecular weight excluding hydrogens is 569 g/mol. The second-order valence-electron chi connectivity index (χ2n) is 11.1. The smallest absolute Gasteiger partial charge is 0.315 e. The van der Waals surface area contributed by atoms with Gasteiger partial charge < -0.3 is 9.64 Å². The summed E-state index contributed by atoms with van der Waals surface area (Å²) >= 11 is 7.95. The number of aromatic nitrogens is 1. The first-order valence-corrected chi connectivity index (χ1v) is 14.5. The van der Waals surface area contributed by atoms with Crippen molar-refractivity contribution in [3.05, 3.63) is 74.1 Å². The van der Waals surface area contributed by atoms with Crippen LogP contribution < -0.4 is 0 Å². The molecule has 8 nitrogen and oxygen atoms in total. The third-order valence-corrected chi connectivity index (χ3v) is 9.76. The molecule has 1 aromatic carbocycles. The summed E-state index contributed by atoms with van der Waals surface area (Å²) < 4.78 is 21.7. The fourth-order valence-corrected chi connectivity index (χ4v) is 7.66. The average Bonchev–Trinajstić information content (AvgIpc) is 3.50. The van der Waals surface area contributed by atoms with E-state index in [0.717, 1.165) is 28.6 Å². The van der Waals surface area contributed by atoms with E-state index in [9.17, 15) is 19.2 Å². The summed E-state index contributed by atoms with van der Waals surface area (Å²) in [5.74, 6) is -3.68. The standard InChI is InChI=1S/C30H23ClFN3O5S/c1-14-34-22-6-15(2-3-24(22)41-14)23(37)13-40-29(39)19-12-35-25(38)9-30(4-5-30)28(35)18-10-33-11-20(31)27-17(26(18)19)7-16(36)8-21(27)32/h2-3,6-8,11,19,28H,4-5,9-10,12-13H2,1H3. The van der Waals surface area contributed by atoms with E-state index in [1.54, 1.807) is 23.1 Å². The van der Waals surface area contributed by atoms with E-state index in [0.29, 0.717) is 28.6 Å². The Morgan fingerprint density at radius 1 is 1.24 bits per heavy atom. The molecule has 1 saturated carbocycles. The summed E-state index contributed by atoms with van der Waals surface area (Å²) in [7, 11) is 0. The number of aryl methyl sites for hydroxylation is 1. The summed E-state index contributed by atoms with van der Waals surface area (Å²) in [4.78, 5) is 62.9. The maximum atomic E-state index is 15.2. The summed E-state index contributed by atoms with van der Waals surface area (Å²) in [6.45, 7) is 1.48. The number of hydrogen-bond donors (Lipinski definition) is 0. The van der Waals surface area contributed by atoms with Gasteiger partial charge in [-0.1, -0.05) is 11.6 Å². The van der Waals surface area contributed by atoms with E-state index < -0.39 is 35.9 Å². The number of halogens is 2. The van der Waals surface area contributed by atoms with Crippen LogP contribution in [0.15, 0.2) is 68.5 Å². The first kappa shape index (κ1) is 26.2. The first-order chi connectivity index (χ1) is 19.6. The minimum atomic E-state index is -1.06. The molecule has 0 bridgehead atoms. The molecule has 5 aliphatic rings. The Labute approximate surface area is 242 Å². The van der Waals surface area contributed by atoms with Gasteiger partial charge >= 0.3 is 5.97 Å². The summed E-state index contributed by atoms with van der Waals surface area (Å²) in [5, 5.41) is 0.879. The van der Waals surface area contributed by atoms with Crippen molar-refractivity contribution in [3.63, 3.8) is 0 Å². The van der Waals surface area contributed by atoms with Crippen LogP contribution in [0, 0.1) is 18.3 Å². The van der Waals surface area contributed by atoms with Crippen LogP contribution in [0.4, 0.5) is 4.39 Å². The number of Topliss-reactive ketones (excluding diaryl/α,β-unsaturated/α-hetero) is 1. The summed E-state index contributed by atoms with van der Waals surface area (Å²) in [6.07, 6.45) is 5.52. The molecule has 208 valence electrons. The third kappa shape index (κ3) is 4.23. The SMILES string of the molecule is Cc1nc2cc(C(=O)COC(=O)C3CN4C(=O)CC5(CC5)C4C4=C3C3=CC(=O)C=C(F)C3=C(Cl)C=NC4)ccc2s1. The molecule has 2 fully saturated rings. The molecule has 1 spiro atoms. The van der Waals surface area contributed by atoms with Gasteiger partial charge in [-0.25, -0.2) is 9.37 Å². The van der Waals surface area contributed by atoms with Crippen LogP contribution in [0.2, 0.25) is 0 Å². The topological polar surface area (TPSA) is 106 Å². The second kappa shape index (κ2) is 9.39. The Balaban J connectivity index is 1.26. The van der Waals surface area contributed by atoms with Crippen LogP contribution in [-0.2, 0) is 19.1 Å². The molecule has 7 rings (SSSR count). The molecule has 1 amide bonds. The highest BCUT2D eigenvalue weighted by Gasteiger charge is 2.62.